The number of aromatic nitrogens is 1. The van der Waals surface area contributed by atoms with Crippen molar-refractivity contribution in [3.63, 3.8) is 0 Å². The number of fused-ring (bicyclic) bond motifs is 1. The van der Waals surface area contributed by atoms with E-state index in [-0.39, 0.29) is 18.5 Å². The van der Waals surface area contributed by atoms with Crippen LogP contribution < -0.4 is 4.74 Å². The van der Waals surface area contributed by atoms with Crippen molar-refractivity contribution in [1.29, 1.82) is 0 Å². The molecule has 4 rings (SSSR count). The van der Waals surface area contributed by atoms with Crippen LogP contribution in [-0.2, 0) is 11.2 Å². The molecule has 9 heteroatoms. The number of carboxylic acid groups (broad SMARTS) is 1. The minimum atomic E-state index is -1.29. The number of pyridine rings is 1. The number of rotatable bonds is 8. The smallest absolute Gasteiger partial charge is 0.303 e. The zero-order valence-corrected chi connectivity index (χ0v) is 21.0. The van der Waals surface area contributed by atoms with Gasteiger partial charge in [-0.05, 0) is 80.4 Å². The van der Waals surface area contributed by atoms with Crippen LogP contribution >= 0.6 is 0 Å². The number of likely N-dealkylation sites (tertiary alicyclic amines) is 1. The number of carbonyl (C=O) groups is 1. The number of ether oxygens (including phenoxy) is 1. The molecule has 1 fully saturated rings. The molecule has 0 unspecified atom stereocenters. The van der Waals surface area contributed by atoms with E-state index in [0.29, 0.717) is 73.5 Å². The molecule has 0 atom stereocenters. The van der Waals surface area contributed by atoms with Gasteiger partial charge in [0.05, 0.1) is 37.4 Å². The summed E-state index contributed by atoms with van der Waals surface area (Å²) in [5, 5.41) is 10.3. The lowest BCUT2D eigenvalue weighted by atomic mass is 9.72. The van der Waals surface area contributed by atoms with Crippen LogP contribution in [0.5, 0.6) is 5.75 Å². The van der Waals surface area contributed by atoms with Gasteiger partial charge in [-0.2, -0.15) is 0 Å². The van der Waals surface area contributed by atoms with Crippen molar-refractivity contribution in [1.82, 2.24) is 9.88 Å². The highest BCUT2D eigenvalue weighted by atomic mass is 19.2. The maximum Gasteiger partial charge on any atom is 0.303 e. The van der Waals surface area contributed by atoms with E-state index >= 15 is 0 Å². The Labute approximate surface area is 218 Å². The van der Waals surface area contributed by atoms with Gasteiger partial charge in [-0.1, -0.05) is 11.8 Å². The molecule has 0 radical (unpaired) electrons. The molecule has 1 N–H and O–H groups in total. The summed E-state index contributed by atoms with van der Waals surface area (Å²) in [7, 11) is 1.54. The normalized spacial score (nSPS) is 15.2. The highest BCUT2D eigenvalue weighted by Gasteiger charge is 2.36. The van der Waals surface area contributed by atoms with E-state index in [1.54, 1.807) is 25.3 Å². The van der Waals surface area contributed by atoms with Crippen LogP contribution in [0.3, 0.4) is 0 Å². The Kier molecular flexibility index (Phi) is 8.52. The molecular formula is C29H28F4N2O3. The van der Waals surface area contributed by atoms with Crippen molar-refractivity contribution >= 4 is 16.9 Å². The summed E-state index contributed by atoms with van der Waals surface area (Å²) in [5.41, 5.74) is 0.420. The Bertz CT molecular complexity index is 1390. The van der Waals surface area contributed by atoms with Crippen LogP contribution in [0, 0.1) is 40.5 Å². The second-order valence-corrected chi connectivity index (χ2v) is 9.72. The maximum atomic E-state index is 14.7. The van der Waals surface area contributed by atoms with E-state index in [9.17, 15) is 27.5 Å². The number of hydrogen-bond acceptors (Lipinski definition) is 4. The number of aliphatic carboxylic acids is 1. The average molecular weight is 529 g/mol. The van der Waals surface area contributed by atoms with E-state index < -0.39 is 34.7 Å². The van der Waals surface area contributed by atoms with Crippen molar-refractivity contribution in [2.24, 2.45) is 5.41 Å². The Hall–Kier alpha value is -3.64. The monoisotopic (exact) mass is 528 g/mol. The van der Waals surface area contributed by atoms with E-state index in [4.69, 9.17) is 4.74 Å². The van der Waals surface area contributed by atoms with Gasteiger partial charge in [0.1, 0.15) is 17.4 Å². The first-order valence-corrected chi connectivity index (χ1v) is 12.4. The first kappa shape index (κ1) is 27.4. The largest absolute Gasteiger partial charge is 0.497 e. The summed E-state index contributed by atoms with van der Waals surface area (Å²) in [5.74, 6) is 1.19. The van der Waals surface area contributed by atoms with Crippen LogP contribution in [0.15, 0.2) is 36.5 Å². The standard InChI is InChI=1S/C29H28F4N2O3/c1-38-21-6-7-26-23(16-21)22(25(32)18-34-26)5-2-8-29(17-27(36)37)9-12-35(13-10-29)11-3-4-19-14-20(30)15-24(31)28(19)33/h6-7,14-16,18H,2,5,8-13,17H2,1H3,(H,36,37). The lowest BCUT2D eigenvalue weighted by Crippen LogP contribution is -2.41. The number of carboxylic acids is 1. The summed E-state index contributed by atoms with van der Waals surface area (Å²) in [6.45, 7) is 1.41. The molecule has 1 saturated heterocycles. The fourth-order valence-corrected chi connectivity index (χ4v) is 5.14. The van der Waals surface area contributed by atoms with Crippen molar-refractivity contribution in [3.05, 3.63) is 70.9 Å². The van der Waals surface area contributed by atoms with E-state index in [0.717, 1.165) is 6.07 Å². The first-order valence-electron chi connectivity index (χ1n) is 12.4. The fourth-order valence-electron chi connectivity index (χ4n) is 5.14. The van der Waals surface area contributed by atoms with Gasteiger partial charge < -0.3 is 9.84 Å². The van der Waals surface area contributed by atoms with Gasteiger partial charge in [0.25, 0.3) is 0 Å². The molecule has 0 amide bonds. The minimum absolute atomic E-state index is 0.00764. The lowest BCUT2D eigenvalue weighted by molar-refractivity contribution is -0.140. The number of nitrogens with zero attached hydrogens (tertiary/aromatic N) is 2. The Morgan fingerprint density at radius 3 is 2.61 bits per heavy atom. The number of benzene rings is 2. The van der Waals surface area contributed by atoms with E-state index in [2.05, 4.69) is 16.8 Å². The Morgan fingerprint density at radius 2 is 1.89 bits per heavy atom. The SMILES string of the molecule is COc1ccc2ncc(F)c(CCCC3(CC(=O)O)CCN(CC#Cc4cc(F)cc(F)c4F)CC3)c2c1. The van der Waals surface area contributed by atoms with Crippen LogP contribution in [0.1, 0.15) is 43.2 Å². The summed E-state index contributed by atoms with van der Waals surface area (Å²) in [4.78, 5) is 17.8. The molecule has 200 valence electrons. The van der Waals surface area contributed by atoms with Gasteiger partial charge in [-0.15, -0.1) is 0 Å². The molecule has 0 bridgehead atoms. The van der Waals surface area contributed by atoms with Crippen LogP contribution in [0.25, 0.3) is 10.9 Å². The van der Waals surface area contributed by atoms with Gasteiger partial charge in [0, 0.05) is 11.5 Å². The average Bonchev–Trinajstić information content (AvgIpc) is 2.88. The molecule has 38 heavy (non-hydrogen) atoms. The molecule has 1 aliphatic heterocycles. The maximum absolute atomic E-state index is 14.7. The highest BCUT2D eigenvalue weighted by molar-refractivity contribution is 5.83. The van der Waals surface area contributed by atoms with Crippen LogP contribution in [-0.4, -0.2) is 47.7 Å². The van der Waals surface area contributed by atoms with Crippen molar-refractivity contribution < 1.29 is 32.2 Å². The van der Waals surface area contributed by atoms with Crippen molar-refractivity contribution in [2.75, 3.05) is 26.7 Å². The summed E-state index contributed by atoms with van der Waals surface area (Å²) >= 11 is 0. The molecule has 0 saturated carbocycles. The lowest BCUT2D eigenvalue weighted by Gasteiger charge is -2.40. The Morgan fingerprint density at radius 1 is 1.13 bits per heavy atom. The molecule has 2 heterocycles. The summed E-state index contributed by atoms with van der Waals surface area (Å²) in [6.07, 6.45) is 4.08. The number of methoxy groups -OCH3 is 1. The molecule has 0 spiro atoms. The molecule has 5 nitrogen and oxygen atoms in total. The molecule has 2 aromatic carbocycles. The van der Waals surface area contributed by atoms with Crippen LogP contribution in [0.4, 0.5) is 17.6 Å². The molecule has 1 aromatic heterocycles. The van der Waals surface area contributed by atoms with Gasteiger partial charge in [0.2, 0.25) is 0 Å². The third-order valence-corrected chi connectivity index (χ3v) is 7.23. The second kappa shape index (κ2) is 11.8. The van der Waals surface area contributed by atoms with E-state index in [1.807, 2.05) is 4.90 Å². The van der Waals surface area contributed by atoms with Gasteiger partial charge >= 0.3 is 5.97 Å². The zero-order valence-electron chi connectivity index (χ0n) is 21.0. The van der Waals surface area contributed by atoms with Gasteiger partial charge in [0.15, 0.2) is 11.6 Å². The fraction of sp³-hybridized carbons (Fsp3) is 0.379. The number of aryl methyl sites for hydroxylation is 1. The molecular weight excluding hydrogens is 500 g/mol. The third kappa shape index (κ3) is 6.43. The highest BCUT2D eigenvalue weighted by Crippen LogP contribution is 2.40. The number of halogens is 4. The molecule has 3 aromatic rings. The Balaban J connectivity index is 1.40. The number of hydrogen-bond donors (Lipinski definition) is 1. The zero-order chi connectivity index (χ0) is 27.3. The second-order valence-electron chi connectivity index (χ2n) is 9.72. The van der Waals surface area contributed by atoms with Gasteiger partial charge in [-0.25, -0.2) is 17.6 Å². The minimum Gasteiger partial charge on any atom is -0.497 e. The molecule has 1 aliphatic rings. The van der Waals surface area contributed by atoms with Crippen LogP contribution in [0.2, 0.25) is 0 Å². The predicted molar refractivity (Wildman–Crippen MR) is 135 cm³/mol. The first-order chi connectivity index (χ1) is 18.2. The van der Waals surface area contributed by atoms with Gasteiger partial charge in [-0.3, -0.25) is 14.7 Å². The third-order valence-electron chi connectivity index (χ3n) is 7.23. The van der Waals surface area contributed by atoms with Crippen molar-refractivity contribution in [3.8, 4) is 17.6 Å². The summed E-state index contributed by atoms with van der Waals surface area (Å²) in [6, 6.07) is 6.63. The predicted octanol–water partition coefficient (Wildman–Crippen LogP) is 5.73. The topological polar surface area (TPSA) is 62.7 Å². The van der Waals surface area contributed by atoms with E-state index in [1.165, 1.54) is 6.20 Å². The number of piperidine rings is 1. The molecule has 0 aliphatic carbocycles. The van der Waals surface area contributed by atoms with Crippen molar-refractivity contribution in [2.45, 2.75) is 38.5 Å². The quantitative estimate of drug-likeness (QED) is 0.230. The summed E-state index contributed by atoms with van der Waals surface area (Å²) < 4.78 is 60.5.